The van der Waals surface area contributed by atoms with Crippen LogP contribution >= 0.6 is 0 Å². The maximum absolute atomic E-state index is 10.8. The first-order chi connectivity index (χ1) is 4.55. The van der Waals surface area contributed by atoms with Crippen molar-refractivity contribution < 1.29 is 13.5 Å². The lowest BCUT2D eigenvalue weighted by atomic mass is 10.1. The molecule has 1 fully saturated rings. The molecule has 0 radical (unpaired) electrons. The molecule has 1 heterocycles. The van der Waals surface area contributed by atoms with E-state index >= 15 is 0 Å². The molecule has 0 bridgehead atoms. The van der Waals surface area contributed by atoms with Gasteiger partial charge in [-0.25, -0.2) is 8.42 Å². The number of aliphatic hydroxyl groups excluding tert-OH is 1. The molecule has 0 aromatic heterocycles. The minimum atomic E-state index is -2.98. The Kier molecular flexibility index (Phi) is 1.83. The molecule has 0 saturated carbocycles. The van der Waals surface area contributed by atoms with Crippen LogP contribution in [0.25, 0.3) is 0 Å². The molecule has 2 atom stereocenters. The molecule has 3 nitrogen and oxygen atoms in total. The highest BCUT2D eigenvalue weighted by Gasteiger charge is 2.34. The van der Waals surface area contributed by atoms with Gasteiger partial charge in [0.25, 0.3) is 0 Å². The highest BCUT2D eigenvalue weighted by Crippen LogP contribution is 2.19. The van der Waals surface area contributed by atoms with Crippen LogP contribution in [0.15, 0.2) is 12.7 Å². The second-order valence-electron chi connectivity index (χ2n) is 2.54. The van der Waals surface area contributed by atoms with Gasteiger partial charge in [-0.1, -0.05) is 6.08 Å². The van der Waals surface area contributed by atoms with Crippen LogP contribution in [0.3, 0.4) is 0 Å². The summed E-state index contributed by atoms with van der Waals surface area (Å²) in [4.78, 5) is 0. The third kappa shape index (κ3) is 1.38. The average Bonchev–Trinajstić information content (AvgIpc) is 2.05. The third-order valence-electron chi connectivity index (χ3n) is 1.67. The Morgan fingerprint density at radius 3 is 2.30 bits per heavy atom. The van der Waals surface area contributed by atoms with E-state index in [2.05, 4.69) is 6.58 Å². The van der Waals surface area contributed by atoms with Crippen molar-refractivity contribution in [2.45, 2.75) is 6.10 Å². The molecule has 0 aliphatic carbocycles. The zero-order chi connectivity index (χ0) is 7.78. The van der Waals surface area contributed by atoms with Gasteiger partial charge in [0.1, 0.15) is 0 Å². The van der Waals surface area contributed by atoms with E-state index in [1.165, 1.54) is 6.08 Å². The summed E-state index contributed by atoms with van der Waals surface area (Å²) >= 11 is 0. The summed E-state index contributed by atoms with van der Waals surface area (Å²) < 4.78 is 21.6. The summed E-state index contributed by atoms with van der Waals surface area (Å²) in [5.74, 6) is -0.313. The van der Waals surface area contributed by atoms with Gasteiger partial charge < -0.3 is 5.11 Å². The molecule has 0 spiro atoms. The lowest BCUT2D eigenvalue weighted by Gasteiger charge is -2.03. The van der Waals surface area contributed by atoms with Gasteiger partial charge in [-0.3, -0.25) is 0 Å². The molecule has 1 saturated heterocycles. The number of sulfone groups is 1. The van der Waals surface area contributed by atoms with Crippen molar-refractivity contribution in [3.8, 4) is 0 Å². The van der Waals surface area contributed by atoms with Gasteiger partial charge in [0.15, 0.2) is 9.84 Å². The van der Waals surface area contributed by atoms with Gasteiger partial charge in [-0.05, 0) is 0 Å². The van der Waals surface area contributed by atoms with E-state index in [4.69, 9.17) is 5.11 Å². The fourth-order valence-electron chi connectivity index (χ4n) is 1.08. The predicted octanol–water partition coefficient (Wildman–Crippen LogP) is -0.422. The monoisotopic (exact) mass is 162 g/mol. The van der Waals surface area contributed by atoms with E-state index in [1.807, 2.05) is 0 Å². The largest absolute Gasteiger partial charge is 0.391 e. The van der Waals surface area contributed by atoms with Gasteiger partial charge in [0.05, 0.1) is 17.6 Å². The van der Waals surface area contributed by atoms with Crippen molar-refractivity contribution in [1.82, 2.24) is 0 Å². The van der Waals surface area contributed by atoms with Crippen molar-refractivity contribution in [2.75, 3.05) is 11.5 Å². The van der Waals surface area contributed by atoms with E-state index in [-0.39, 0.29) is 17.4 Å². The number of hydrogen-bond donors (Lipinski definition) is 1. The van der Waals surface area contributed by atoms with Crippen LogP contribution in [0, 0.1) is 5.92 Å². The Morgan fingerprint density at radius 2 is 2.10 bits per heavy atom. The van der Waals surface area contributed by atoms with Crippen LogP contribution < -0.4 is 0 Å². The number of aliphatic hydroxyl groups is 1. The molecule has 1 rings (SSSR count). The molecule has 1 aliphatic heterocycles. The zero-order valence-corrected chi connectivity index (χ0v) is 6.34. The molecule has 4 heteroatoms. The van der Waals surface area contributed by atoms with Gasteiger partial charge >= 0.3 is 0 Å². The minimum Gasteiger partial charge on any atom is -0.391 e. The first kappa shape index (κ1) is 7.75. The SMILES string of the molecule is C=C[C@H]1CS(=O)(=O)C[C@@H]1O. The average molecular weight is 162 g/mol. The van der Waals surface area contributed by atoms with Crippen LogP contribution in [0.1, 0.15) is 0 Å². The first-order valence-corrected chi connectivity index (χ1v) is 4.88. The molecular weight excluding hydrogens is 152 g/mol. The molecule has 1 N–H and O–H groups in total. The van der Waals surface area contributed by atoms with E-state index in [0.717, 1.165) is 0 Å². The Balaban J connectivity index is 2.80. The summed E-state index contributed by atoms with van der Waals surface area (Å²) in [5.41, 5.74) is 0. The van der Waals surface area contributed by atoms with Crippen LogP contribution in [-0.2, 0) is 9.84 Å². The molecule has 0 unspecified atom stereocenters. The van der Waals surface area contributed by atoms with Gasteiger partial charge in [-0.2, -0.15) is 0 Å². The number of hydrogen-bond acceptors (Lipinski definition) is 3. The second kappa shape index (κ2) is 2.36. The molecule has 0 amide bonds. The molecule has 0 aromatic carbocycles. The summed E-state index contributed by atoms with van der Waals surface area (Å²) in [6, 6.07) is 0. The van der Waals surface area contributed by atoms with Crippen molar-refractivity contribution in [3.63, 3.8) is 0 Å². The topological polar surface area (TPSA) is 54.4 Å². The van der Waals surface area contributed by atoms with Gasteiger partial charge in [-0.15, -0.1) is 6.58 Å². The minimum absolute atomic E-state index is 0.0532. The normalized spacial score (nSPS) is 37.7. The summed E-state index contributed by atoms with van der Waals surface area (Å²) in [5, 5.41) is 9.07. The Morgan fingerprint density at radius 1 is 1.50 bits per heavy atom. The summed E-state index contributed by atoms with van der Waals surface area (Å²) in [6.45, 7) is 3.43. The smallest absolute Gasteiger partial charge is 0.153 e. The summed E-state index contributed by atoms with van der Waals surface area (Å²) in [6.07, 6.45) is 0.761. The van der Waals surface area contributed by atoms with Gasteiger partial charge in [0, 0.05) is 5.92 Å². The first-order valence-electron chi connectivity index (χ1n) is 3.06. The predicted molar refractivity (Wildman–Crippen MR) is 38.3 cm³/mol. The maximum atomic E-state index is 10.8. The third-order valence-corrected chi connectivity index (χ3v) is 3.41. The van der Waals surface area contributed by atoms with Crippen molar-refractivity contribution in [2.24, 2.45) is 5.92 Å². The lowest BCUT2D eigenvalue weighted by molar-refractivity contribution is 0.171. The second-order valence-corrected chi connectivity index (χ2v) is 4.70. The molecular formula is C6H10O3S. The molecule has 0 aromatic rings. The quantitative estimate of drug-likeness (QED) is 0.533. The summed E-state index contributed by atoms with van der Waals surface area (Å²) in [7, 11) is -2.98. The van der Waals surface area contributed by atoms with E-state index in [9.17, 15) is 8.42 Å². The fourth-order valence-corrected chi connectivity index (χ4v) is 2.93. The fraction of sp³-hybridized carbons (Fsp3) is 0.667. The van der Waals surface area contributed by atoms with Crippen LogP contribution in [0.5, 0.6) is 0 Å². The van der Waals surface area contributed by atoms with E-state index in [0.29, 0.717) is 0 Å². The van der Waals surface area contributed by atoms with Crippen molar-refractivity contribution in [1.29, 1.82) is 0 Å². The standard InChI is InChI=1S/C6H10O3S/c1-2-5-3-10(8,9)4-6(5)7/h2,5-7H,1,3-4H2/t5-,6-/m0/s1. The Bertz CT molecular complexity index is 229. The van der Waals surface area contributed by atoms with Crippen molar-refractivity contribution in [3.05, 3.63) is 12.7 Å². The van der Waals surface area contributed by atoms with Crippen LogP contribution in [0.4, 0.5) is 0 Å². The molecule has 10 heavy (non-hydrogen) atoms. The highest BCUT2D eigenvalue weighted by atomic mass is 32.2. The number of rotatable bonds is 1. The van der Waals surface area contributed by atoms with Gasteiger partial charge in [0.2, 0.25) is 0 Å². The van der Waals surface area contributed by atoms with E-state index < -0.39 is 15.9 Å². The molecule has 1 aliphatic rings. The maximum Gasteiger partial charge on any atom is 0.153 e. The molecule has 58 valence electrons. The van der Waals surface area contributed by atoms with E-state index in [1.54, 1.807) is 0 Å². The van der Waals surface area contributed by atoms with Crippen LogP contribution in [-0.4, -0.2) is 31.1 Å². The Hall–Kier alpha value is -0.350. The van der Waals surface area contributed by atoms with Crippen molar-refractivity contribution >= 4 is 9.84 Å². The zero-order valence-electron chi connectivity index (χ0n) is 5.53. The highest BCUT2D eigenvalue weighted by molar-refractivity contribution is 7.91. The lowest BCUT2D eigenvalue weighted by Crippen LogP contribution is -2.14. The van der Waals surface area contributed by atoms with Crippen LogP contribution in [0.2, 0.25) is 0 Å². The Labute approximate surface area is 60.3 Å².